The molecule has 0 unspecified atom stereocenters. The Balaban J connectivity index is 1.25. The minimum Gasteiger partial charge on any atom is -0.308 e. The highest BCUT2D eigenvalue weighted by Crippen LogP contribution is 2.45. The Morgan fingerprint density at radius 1 is 0.268 bits per heavy atom. The lowest BCUT2D eigenvalue weighted by Crippen LogP contribution is -2.05. The van der Waals surface area contributed by atoms with E-state index in [0.717, 1.165) is 21.5 Å². The molecule has 0 aliphatic carbocycles. The Morgan fingerprint density at radius 3 is 0.829 bits per heavy atom. The molecule has 10 aromatic carbocycles. The number of rotatable bonds is 7. The lowest BCUT2D eigenvalue weighted by Gasteiger charge is -2.19. The number of nitrogens with zero attached hydrogens (tertiary/aromatic N) is 12. The molecule has 0 saturated heterocycles. The van der Waals surface area contributed by atoms with Crippen LogP contribution in [0.3, 0.4) is 0 Å². The van der Waals surface area contributed by atoms with Gasteiger partial charge in [-0.05, 0) is 177 Å². The lowest BCUT2D eigenvalue weighted by molar-refractivity contribution is 1.12. The molecular weight excluding hydrogens is 1010 g/mol. The van der Waals surface area contributed by atoms with Crippen molar-refractivity contribution in [1.29, 1.82) is 31.6 Å². The monoisotopic (exact) mass is 1040 g/mol. The molecule has 12 nitrogen and oxygen atoms in total. The van der Waals surface area contributed by atoms with Crippen molar-refractivity contribution >= 4 is 66.4 Å². The molecule has 12 aromatic rings. The molecule has 0 spiro atoms. The first kappa shape index (κ1) is 49.6. The third-order valence-corrected chi connectivity index (χ3v) is 14.6. The predicted molar refractivity (Wildman–Crippen MR) is 316 cm³/mol. The molecular formula is C70H30N12. The first-order valence-electron chi connectivity index (χ1n) is 25.1. The van der Waals surface area contributed by atoms with Crippen molar-refractivity contribution in [3.8, 4) is 103 Å². The molecule has 0 aliphatic heterocycles. The van der Waals surface area contributed by atoms with Gasteiger partial charge in [0.25, 0.3) is 0 Å². The average Bonchev–Trinajstić information content (AvgIpc) is 4.21. The van der Waals surface area contributed by atoms with Crippen LogP contribution in [0.2, 0.25) is 0 Å². The highest BCUT2D eigenvalue weighted by molar-refractivity contribution is 6.13. The van der Waals surface area contributed by atoms with Crippen molar-refractivity contribution in [1.82, 2.24) is 9.13 Å². The Kier molecular flexibility index (Phi) is 12.1. The Morgan fingerprint density at radius 2 is 0.549 bits per heavy atom. The summed E-state index contributed by atoms with van der Waals surface area (Å²) in [4.78, 5) is 14.7. The molecule has 2 heterocycles. The fraction of sp³-hybridized carbons (Fsp3) is 0. The van der Waals surface area contributed by atoms with Crippen LogP contribution in [0.5, 0.6) is 0 Å². The summed E-state index contributed by atoms with van der Waals surface area (Å²) in [7, 11) is 0. The minimum atomic E-state index is 0.219. The van der Waals surface area contributed by atoms with E-state index in [1.165, 1.54) is 24.3 Å². The predicted octanol–water partition coefficient (Wildman–Crippen LogP) is 17.6. The van der Waals surface area contributed by atoms with E-state index in [1.807, 2.05) is 100 Å². The zero-order valence-corrected chi connectivity index (χ0v) is 42.7. The molecule has 0 N–H and O–H groups in total. The summed E-state index contributed by atoms with van der Waals surface area (Å²) >= 11 is 0. The summed E-state index contributed by atoms with van der Waals surface area (Å²) in [5.41, 5.74) is 13.0. The molecule has 0 fully saturated rings. The van der Waals surface area contributed by atoms with Gasteiger partial charge in [0, 0.05) is 43.8 Å². The molecule has 0 amide bonds. The Bertz CT molecular complexity index is 4620. The second-order valence-corrected chi connectivity index (χ2v) is 19.3. The first-order chi connectivity index (χ1) is 40.1. The zero-order valence-electron chi connectivity index (χ0n) is 42.7. The van der Waals surface area contributed by atoms with Crippen LogP contribution in [-0.2, 0) is 0 Å². The number of fused-ring (bicyclic) bond motifs is 6. The average molecular weight is 1040 g/mol. The van der Waals surface area contributed by atoms with Crippen LogP contribution in [0.15, 0.2) is 182 Å². The van der Waals surface area contributed by atoms with Crippen molar-refractivity contribution in [3.63, 3.8) is 0 Å². The van der Waals surface area contributed by atoms with Gasteiger partial charge in [0.1, 0.15) is 11.6 Å². The van der Waals surface area contributed by atoms with Crippen LogP contribution in [0, 0.1) is 94.3 Å². The van der Waals surface area contributed by atoms with Gasteiger partial charge in [-0.3, -0.25) is 0 Å². The SMILES string of the molecule is [C-]#[N+]c1cc(C#N)cc(-c2ccc3c4ccc(-c5cc(C#N)cc([N+]#[C-])c5)cc4n(-c4cc(-c5cccc(C#N)c5)cc(-n5c6cc(-c7cc(C#N)cc([N+]#[C-])c7)ccc6c6ccc(-c7cc(C#N)cc([N+]#[C-])c7)cc65)c4C#N)c3c2)c1. The van der Waals surface area contributed by atoms with E-state index in [4.69, 9.17) is 26.3 Å². The van der Waals surface area contributed by atoms with Crippen molar-refractivity contribution in [2.75, 3.05) is 0 Å². The van der Waals surface area contributed by atoms with E-state index in [2.05, 4.69) is 55.8 Å². The standard InChI is InChI=1S/C70H30N12/c1-77-56-21-42(36-72)17-51(25-56)47-8-12-60-61-13-9-48(52-18-43(37-73)22-57(26-52)78-2)30-66(61)81(65(60)29-47)69-33-55(46-7-5-6-41(16-46)35-71)34-70(64(69)40-76)82-67-31-49(53-19-44(38-74)23-58(27-53)79-3)10-14-62(67)63-15-11-50(32-68(63)82)54-20-45(39-75)24-59(28-54)80-4/h5-34H. The molecule has 12 heteroatoms. The number of hydrogen-bond donors (Lipinski definition) is 0. The van der Waals surface area contributed by atoms with Crippen LogP contribution in [0.1, 0.15) is 33.4 Å². The normalized spacial score (nSPS) is 10.6. The zero-order chi connectivity index (χ0) is 56.8. The van der Waals surface area contributed by atoms with Crippen LogP contribution >= 0.6 is 0 Å². The molecule has 2 aromatic heterocycles. The number of aromatic nitrogens is 2. The largest absolute Gasteiger partial charge is 0.308 e. The van der Waals surface area contributed by atoms with E-state index in [1.54, 1.807) is 66.7 Å². The van der Waals surface area contributed by atoms with Crippen LogP contribution in [0.4, 0.5) is 22.7 Å². The van der Waals surface area contributed by atoms with Crippen molar-refractivity contribution in [2.24, 2.45) is 0 Å². The number of hydrogen-bond acceptors (Lipinski definition) is 6. The first-order valence-corrected chi connectivity index (χ1v) is 25.1. The van der Waals surface area contributed by atoms with Gasteiger partial charge in [0.2, 0.25) is 0 Å². The second kappa shape index (κ2) is 20.0. The second-order valence-electron chi connectivity index (χ2n) is 19.3. The van der Waals surface area contributed by atoms with Crippen LogP contribution in [0.25, 0.3) is 130 Å². The molecule has 0 saturated carbocycles. The third kappa shape index (κ3) is 8.44. The smallest absolute Gasteiger partial charge is 0.189 e. The van der Waals surface area contributed by atoms with Gasteiger partial charge in [-0.15, -0.1) is 0 Å². The molecule has 370 valence electrons. The summed E-state index contributed by atoms with van der Waals surface area (Å²) in [5, 5.41) is 65.8. The lowest BCUT2D eigenvalue weighted by atomic mass is 9.98. The summed E-state index contributed by atoms with van der Waals surface area (Å²) in [6.45, 7) is 31.5. The van der Waals surface area contributed by atoms with E-state index in [-0.39, 0.29) is 28.3 Å². The summed E-state index contributed by atoms with van der Waals surface area (Å²) in [6.07, 6.45) is 0. The maximum absolute atomic E-state index is 12.1. The van der Waals surface area contributed by atoms with Crippen LogP contribution < -0.4 is 0 Å². The molecule has 82 heavy (non-hydrogen) atoms. The van der Waals surface area contributed by atoms with E-state index in [0.29, 0.717) is 117 Å². The topological polar surface area (TPSA) is 170 Å². The molecule has 0 atom stereocenters. The molecule has 0 aliphatic rings. The molecule has 0 radical (unpaired) electrons. The Labute approximate surface area is 469 Å². The highest BCUT2D eigenvalue weighted by Gasteiger charge is 2.25. The van der Waals surface area contributed by atoms with Gasteiger partial charge < -0.3 is 9.13 Å². The molecule has 0 bridgehead atoms. The highest BCUT2D eigenvalue weighted by atomic mass is 15.0. The third-order valence-electron chi connectivity index (χ3n) is 14.6. The maximum atomic E-state index is 12.1. The summed E-state index contributed by atoms with van der Waals surface area (Å²) in [6, 6.07) is 68.1. The fourth-order valence-corrected chi connectivity index (χ4v) is 10.9. The van der Waals surface area contributed by atoms with Gasteiger partial charge in [-0.2, -0.15) is 31.6 Å². The van der Waals surface area contributed by atoms with Gasteiger partial charge in [0.05, 0.1) is 95.6 Å². The maximum Gasteiger partial charge on any atom is 0.189 e. The van der Waals surface area contributed by atoms with E-state index < -0.39 is 0 Å². The van der Waals surface area contributed by atoms with Crippen molar-refractivity contribution < 1.29 is 0 Å². The van der Waals surface area contributed by atoms with E-state index >= 15 is 0 Å². The van der Waals surface area contributed by atoms with Gasteiger partial charge in [-0.1, -0.05) is 60.7 Å². The quantitative estimate of drug-likeness (QED) is 0.144. The summed E-state index contributed by atoms with van der Waals surface area (Å²) < 4.78 is 4.02. The minimum absolute atomic E-state index is 0.219. The van der Waals surface area contributed by atoms with E-state index in [9.17, 15) is 31.6 Å². The molecule has 12 rings (SSSR count). The number of benzene rings is 10. The Hall–Kier alpha value is -13.3. The number of nitriles is 6. The van der Waals surface area contributed by atoms with Crippen molar-refractivity contribution in [2.45, 2.75) is 0 Å². The summed E-state index contributed by atoms with van der Waals surface area (Å²) in [5.74, 6) is 0. The van der Waals surface area contributed by atoms with Crippen LogP contribution in [-0.4, -0.2) is 9.13 Å². The van der Waals surface area contributed by atoms with Crippen molar-refractivity contribution in [3.05, 3.63) is 261 Å². The fourth-order valence-electron chi connectivity index (χ4n) is 10.9. The van der Waals surface area contributed by atoms with Gasteiger partial charge in [-0.25, -0.2) is 19.4 Å². The van der Waals surface area contributed by atoms with Gasteiger partial charge >= 0.3 is 0 Å². The van der Waals surface area contributed by atoms with Gasteiger partial charge in [0.15, 0.2) is 22.7 Å².